The van der Waals surface area contributed by atoms with E-state index >= 15 is 0 Å². The van der Waals surface area contributed by atoms with Gasteiger partial charge in [-0.3, -0.25) is 4.79 Å². The number of likely N-dealkylation sites (tertiary alicyclic amines) is 1. The summed E-state index contributed by atoms with van der Waals surface area (Å²) in [6.07, 6.45) is 3.42. The van der Waals surface area contributed by atoms with E-state index in [2.05, 4.69) is 11.9 Å². The highest BCUT2D eigenvalue weighted by molar-refractivity contribution is 5.75. The second-order valence-corrected chi connectivity index (χ2v) is 4.57. The molecule has 1 rings (SSSR count). The minimum atomic E-state index is -0.794. The van der Waals surface area contributed by atoms with Crippen molar-refractivity contribution in [3.8, 4) is 0 Å². The van der Waals surface area contributed by atoms with Gasteiger partial charge in [-0.1, -0.05) is 6.08 Å². The summed E-state index contributed by atoms with van der Waals surface area (Å²) < 4.78 is 0. The minimum Gasteiger partial charge on any atom is -0.481 e. The van der Waals surface area contributed by atoms with Gasteiger partial charge in [0.05, 0.1) is 0 Å². The van der Waals surface area contributed by atoms with Gasteiger partial charge in [0.2, 0.25) is 0 Å². The molecule has 96 valence electrons. The van der Waals surface area contributed by atoms with Crippen LogP contribution in [0.1, 0.15) is 26.2 Å². The normalized spacial score (nSPS) is 21.0. The Labute approximate surface area is 101 Å². The smallest absolute Gasteiger partial charge is 0.317 e. The van der Waals surface area contributed by atoms with Crippen LogP contribution < -0.4 is 5.32 Å². The molecule has 5 nitrogen and oxygen atoms in total. The molecule has 17 heavy (non-hydrogen) atoms. The molecule has 1 aliphatic rings. The summed E-state index contributed by atoms with van der Waals surface area (Å²) in [4.78, 5) is 24.0. The van der Waals surface area contributed by atoms with E-state index in [1.807, 2.05) is 6.92 Å². The van der Waals surface area contributed by atoms with E-state index in [1.54, 1.807) is 11.0 Å². The molecule has 0 radical (unpaired) electrons. The number of rotatable bonds is 5. The van der Waals surface area contributed by atoms with Crippen molar-refractivity contribution in [1.29, 1.82) is 0 Å². The molecule has 2 amide bonds. The Hall–Kier alpha value is -1.52. The number of carboxylic acids is 1. The monoisotopic (exact) mass is 240 g/mol. The molecule has 1 fully saturated rings. The second-order valence-electron chi connectivity index (χ2n) is 4.57. The molecule has 2 N–H and O–H groups in total. The predicted octanol–water partition coefficient (Wildman–Crippen LogP) is 1.46. The molecule has 0 aliphatic carbocycles. The van der Waals surface area contributed by atoms with Crippen molar-refractivity contribution in [3.63, 3.8) is 0 Å². The number of hydrogen-bond acceptors (Lipinski definition) is 2. The lowest BCUT2D eigenvalue weighted by atomic mass is 10.1. The summed E-state index contributed by atoms with van der Waals surface area (Å²) in [5.41, 5.74) is 0. The Morgan fingerprint density at radius 3 is 2.94 bits per heavy atom. The lowest BCUT2D eigenvalue weighted by molar-refractivity contribution is -0.138. The molecular weight excluding hydrogens is 220 g/mol. The molecule has 0 saturated carbocycles. The first kappa shape index (κ1) is 13.5. The van der Waals surface area contributed by atoms with Crippen LogP contribution in [0.5, 0.6) is 0 Å². The van der Waals surface area contributed by atoms with Gasteiger partial charge in [0.25, 0.3) is 0 Å². The van der Waals surface area contributed by atoms with Crippen molar-refractivity contribution in [2.75, 3.05) is 13.1 Å². The zero-order chi connectivity index (χ0) is 12.8. The van der Waals surface area contributed by atoms with Gasteiger partial charge >= 0.3 is 12.0 Å². The average molecular weight is 240 g/mol. The van der Waals surface area contributed by atoms with E-state index in [-0.39, 0.29) is 24.4 Å². The van der Waals surface area contributed by atoms with Gasteiger partial charge in [0.15, 0.2) is 0 Å². The SMILES string of the molecule is C=CCC(C)NC(=O)N1CCC(CC(=O)O)C1. The van der Waals surface area contributed by atoms with E-state index in [0.717, 1.165) is 12.8 Å². The van der Waals surface area contributed by atoms with Crippen LogP contribution in [0.2, 0.25) is 0 Å². The molecule has 2 unspecified atom stereocenters. The lowest BCUT2D eigenvalue weighted by Crippen LogP contribution is -2.42. The van der Waals surface area contributed by atoms with Crippen LogP contribution in [-0.4, -0.2) is 41.1 Å². The predicted molar refractivity (Wildman–Crippen MR) is 64.7 cm³/mol. The lowest BCUT2D eigenvalue weighted by Gasteiger charge is -2.20. The largest absolute Gasteiger partial charge is 0.481 e. The summed E-state index contributed by atoms with van der Waals surface area (Å²) in [5.74, 6) is -0.703. The fourth-order valence-corrected chi connectivity index (χ4v) is 2.04. The minimum absolute atomic E-state index is 0.0681. The zero-order valence-corrected chi connectivity index (χ0v) is 10.2. The van der Waals surface area contributed by atoms with Crippen LogP contribution in [0.3, 0.4) is 0 Å². The molecule has 1 heterocycles. The third-order valence-corrected chi connectivity index (χ3v) is 2.93. The zero-order valence-electron chi connectivity index (χ0n) is 10.2. The maximum Gasteiger partial charge on any atom is 0.317 e. The van der Waals surface area contributed by atoms with Gasteiger partial charge in [-0.15, -0.1) is 6.58 Å². The highest BCUT2D eigenvalue weighted by Gasteiger charge is 2.27. The molecule has 0 aromatic rings. The molecule has 0 bridgehead atoms. The van der Waals surface area contributed by atoms with Crippen LogP contribution in [0.25, 0.3) is 0 Å². The van der Waals surface area contributed by atoms with Gasteiger partial charge in [-0.2, -0.15) is 0 Å². The van der Waals surface area contributed by atoms with Crippen molar-refractivity contribution in [2.24, 2.45) is 5.92 Å². The topological polar surface area (TPSA) is 69.6 Å². The summed E-state index contributed by atoms with van der Waals surface area (Å²) in [6.45, 7) is 6.73. The summed E-state index contributed by atoms with van der Waals surface area (Å²) in [6, 6.07) is -0.0363. The fourth-order valence-electron chi connectivity index (χ4n) is 2.04. The number of aliphatic carboxylic acids is 1. The number of carboxylic acid groups (broad SMARTS) is 1. The molecule has 0 spiro atoms. The Kier molecular flexibility index (Phi) is 5.00. The number of hydrogen-bond donors (Lipinski definition) is 2. The molecule has 5 heteroatoms. The van der Waals surface area contributed by atoms with E-state index < -0.39 is 5.97 Å². The molecule has 1 aliphatic heterocycles. The van der Waals surface area contributed by atoms with Crippen LogP contribution in [0.4, 0.5) is 4.79 Å². The van der Waals surface area contributed by atoms with Gasteiger partial charge in [-0.05, 0) is 25.7 Å². The van der Waals surface area contributed by atoms with E-state index in [9.17, 15) is 9.59 Å². The molecular formula is C12H20N2O3. The highest BCUT2D eigenvalue weighted by Crippen LogP contribution is 2.19. The Balaban J connectivity index is 2.34. The summed E-state index contributed by atoms with van der Waals surface area (Å²) in [5, 5.41) is 11.5. The van der Waals surface area contributed by atoms with Crippen molar-refractivity contribution in [2.45, 2.75) is 32.2 Å². The fraction of sp³-hybridized carbons (Fsp3) is 0.667. The van der Waals surface area contributed by atoms with Gasteiger partial charge in [-0.25, -0.2) is 4.79 Å². The highest BCUT2D eigenvalue weighted by atomic mass is 16.4. The Bertz CT molecular complexity index is 304. The van der Waals surface area contributed by atoms with Crippen molar-refractivity contribution in [1.82, 2.24) is 10.2 Å². The summed E-state index contributed by atoms with van der Waals surface area (Å²) in [7, 11) is 0. The van der Waals surface area contributed by atoms with Crippen LogP contribution in [0.15, 0.2) is 12.7 Å². The van der Waals surface area contributed by atoms with Crippen LogP contribution in [-0.2, 0) is 4.79 Å². The molecule has 0 aromatic carbocycles. The second kappa shape index (κ2) is 6.27. The third-order valence-electron chi connectivity index (χ3n) is 2.93. The molecule has 0 aromatic heterocycles. The Morgan fingerprint density at radius 2 is 2.35 bits per heavy atom. The van der Waals surface area contributed by atoms with Gasteiger partial charge in [0, 0.05) is 25.6 Å². The van der Waals surface area contributed by atoms with Crippen LogP contribution >= 0.6 is 0 Å². The standard InChI is InChI=1S/C12H20N2O3/c1-3-4-9(2)13-12(17)14-6-5-10(8-14)7-11(15)16/h3,9-10H,1,4-8H2,2H3,(H,13,17)(H,15,16). The average Bonchev–Trinajstić information content (AvgIpc) is 2.65. The number of nitrogens with zero attached hydrogens (tertiary/aromatic N) is 1. The third kappa shape index (κ3) is 4.46. The van der Waals surface area contributed by atoms with Crippen molar-refractivity contribution >= 4 is 12.0 Å². The first-order chi connectivity index (χ1) is 8.02. The van der Waals surface area contributed by atoms with E-state index in [4.69, 9.17) is 5.11 Å². The Morgan fingerprint density at radius 1 is 1.65 bits per heavy atom. The van der Waals surface area contributed by atoms with Crippen molar-refractivity contribution < 1.29 is 14.7 Å². The van der Waals surface area contributed by atoms with E-state index in [0.29, 0.717) is 13.1 Å². The van der Waals surface area contributed by atoms with Gasteiger partial charge in [0.1, 0.15) is 0 Å². The number of urea groups is 1. The van der Waals surface area contributed by atoms with Crippen LogP contribution in [0, 0.1) is 5.92 Å². The number of carbonyl (C=O) groups excluding carboxylic acids is 1. The quantitative estimate of drug-likeness (QED) is 0.715. The van der Waals surface area contributed by atoms with Crippen molar-refractivity contribution in [3.05, 3.63) is 12.7 Å². The number of amides is 2. The first-order valence-electron chi connectivity index (χ1n) is 5.91. The van der Waals surface area contributed by atoms with E-state index in [1.165, 1.54) is 0 Å². The number of carbonyl (C=O) groups is 2. The maximum absolute atomic E-state index is 11.8. The number of nitrogens with one attached hydrogen (secondary N) is 1. The van der Waals surface area contributed by atoms with Gasteiger partial charge < -0.3 is 15.3 Å². The molecule has 1 saturated heterocycles. The molecule has 2 atom stereocenters. The maximum atomic E-state index is 11.8. The first-order valence-corrected chi connectivity index (χ1v) is 5.91. The summed E-state index contributed by atoms with van der Waals surface area (Å²) >= 11 is 0.